The Morgan fingerprint density at radius 3 is 2.10 bits per heavy atom. The number of pyridine rings is 1. The molecule has 1 aromatic heterocycles. The number of hydrogen-bond donors (Lipinski definition) is 2. The SMILES string of the molecule is CC(C)(C)OC(=O)N(CC(=O)O)c1cccc(C(N)(Cc2ccc(C(C)(C)C)cc2)S(=O)(=O)c2ccccc2F)n1. The van der Waals surface area contributed by atoms with E-state index in [4.69, 9.17) is 10.5 Å². The summed E-state index contributed by atoms with van der Waals surface area (Å²) in [5.74, 6) is -2.52. The minimum Gasteiger partial charge on any atom is -0.480 e. The van der Waals surface area contributed by atoms with Gasteiger partial charge in [-0.25, -0.2) is 22.6 Å². The molecule has 3 aromatic rings. The van der Waals surface area contributed by atoms with Crippen LogP contribution < -0.4 is 10.6 Å². The van der Waals surface area contributed by atoms with Gasteiger partial charge in [0.15, 0.2) is 4.87 Å². The van der Waals surface area contributed by atoms with E-state index >= 15 is 0 Å². The lowest BCUT2D eigenvalue weighted by Crippen LogP contribution is -2.48. The summed E-state index contributed by atoms with van der Waals surface area (Å²) in [6, 6.07) is 16.2. The van der Waals surface area contributed by atoms with Gasteiger partial charge in [-0.1, -0.05) is 63.2 Å². The van der Waals surface area contributed by atoms with Gasteiger partial charge in [0.1, 0.15) is 28.7 Å². The number of aliphatic carboxylic acids is 1. The van der Waals surface area contributed by atoms with E-state index < -0.39 is 49.6 Å². The molecular weight excluding hydrogens is 549 g/mol. The summed E-state index contributed by atoms with van der Waals surface area (Å²) in [5, 5.41) is 9.46. The first-order valence-electron chi connectivity index (χ1n) is 12.9. The van der Waals surface area contributed by atoms with Crippen molar-refractivity contribution in [3.05, 3.63) is 89.4 Å². The highest BCUT2D eigenvalue weighted by molar-refractivity contribution is 7.92. The van der Waals surface area contributed by atoms with Crippen molar-refractivity contribution >= 4 is 27.7 Å². The van der Waals surface area contributed by atoms with Gasteiger partial charge < -0.3 is 15.6 Å². The van der Waals surface area contributed by atoms with Crippen molar-refractivity contribution < 1.29 is 32.2 Å². The van der Waals surface area contributed by atoms with Crippen molar-refractivity contribution in [1.82, 2.24) is 4.98 Å². The molecule has 3 rings (SSSR count). The maximum Gasteiger partial charge on any atom is 0.416 e. The minimum atomic E-state index is -4.65. The molecule has 2 aromatic carbocycles. The smallest absolute Gasteiger partial charge is 0.416 e. The molecule has 3 N–H and O–H groups in total. The second kappa shape index (κ2) is 11.6. The fourth-order valence-electron chi connectivity index (χ4n) is 4.11. The summed E-state index contributed by atoms with van der Waals surface area (Å²) >= 11 is 0. The van der Waals surface area contributed by atoms with Crippen LogP contribution in [0.4, 0.5) is 15.0 Å². The number of hydrogen-bond acceptors (Lipinski definition) is 7. The second-order valence-electron chi connectivity index (χ2n) is 11.8. The van der Waals surface area contributed by atoms with Gasteiger partial charge in [0.05, 0.1) is 5.69 Å². The zero-order chi connectivity index (χ0) is 30.8. The number of rotatable bonds is 8. The van der Waals surface area contributed by atoms with Gasteiger partial charge in [-0.2, -0.15) is 0 Å². The average Bonchev–Trinajstić information content (AvgIpc) is 2.86. The van der Waals surface area contributed by atoms with Gasteiger partial charge in [-0.3, -0.25) is 9.69 Å². The van der Waals surface area contributed by atoms with Crippen molar-refractivity contribution in [3.8, 4) is 0 Å². The number of carbonyl (C=O) groups is 2. The number of nitrogens with two attached hydrogens (primary N) is 1. The lowest BCUT2D eigenvalue weighted by Gasteiger charge is -2.31. The van der Waals surface area contributed by atoms with Crippen molar-refractivity contribution in [2.24, 2.45) is 5.73 Å². The third-order valence-electron chi connectivity index (χ3n) is 6.24. The Morgan fingerprint density at radius 1 is 0.951 bits per heavy atom. The maximum absolute atomic E-state index is 14.9. The zero-order valence-corrected chi connectivity index (χ0v) is 24.8. The number of ether oxygens (including phenoxy) is 1. The van der Waals surface area contributed by atoms with Crippen LogP contribution in [0.2, 0.25) is 0 Å². The molecule has 0 aliphatic carbocycles. The molecule has 1 amide bonds. The summed E-state index contributed by atoms with van der Waals surface area (Å²) in [7, 11) is -4.65. The molecule has 0 spiro atoms. The summed E-state index contributed by atoms with van der Waals surface area (Å²) < 4.78 is 48.4. The number of carbonyl (C=O) groups excluding carboxylic acids is 1. The van der Waals surface area contributed by atoms with Crippen LogP contribution in [0.3, 0.4) is 0 Å². The van der Waals surface area contributed by atoms with E-state index in [1.54, 1.807) is 32.9 Å². The van der Waals surface area contributed by atoms with Gasteiger partial charge in [-0.05, 0) is 61.6 Å². The summed E-state index contributed by atoms with van der Waals surface area (Å²) in [6.45, 7) is 10.2. The normalized spacial score (nSPS) is 13.8. The minimum absolute atomic E-state index is 0.150. The second-order valence-corrected chi connectivity index (χ2v) is 14.0. The van der Waals surface area contributed by atoms with E-state index in [0.717, 1.165) is 22.6 Å². The van der Waals surface area contributed by atoms with Crippen LogP contribution in [0.5, 0.6) is 0 Å². The number of carboxylic acid groups (broad SMARTS) is 1. The lowest BCUT2D eigenvalue weighted by molar-refractivity contribution is -0.135. The van der Waals surface area contributed by atoms with Gasteiger partial charge in [0, 0.05) is 6.42 Å². The number of sulfone groups is 1. The molecule has 0 bridgehead atoms. The van der Waals surface area contributed by atoms with Crippen LogP contribution in [-0.4, -0.2) is 42.7 Å². The number of amides is 1. The molecular formula is C30H36FN3O6S. The Balaban J connectivity index is 2.21. The molecule has 0 saturated carbocycles. The summed E-state index contributed by atoms with van der Waals surface area (Å²) in [5.41, 5.74) is 6.98. The number of nitrogens with zero attached hydrogens (tertiary/aromatic N) is 2. The number of anilines is 1. The van der Waals surface area contributed by atoms with Gasteiger partial charge in [-0.15, -0.1) is 0 Å². The lowest BCUT2D eigenvalue weighted by atomic mass is 9.86. The van der Waals surface area contributed by atoms with Crippen LogP contribution in [0.1, 0.15) is 58.4 Å². The van der Waals surface area contributed by atoms with E-state index in [-0.39, 0.29) is 23.3 Å². The van der Waals surface area contributed by atoms with E-state index in [9.17, 15) is 27.5 Å². The summed E-state index contributed by atoms with van der Waals surface area (Å²) in [4.78, 5) is 26.7. The van der Waals surface area contributed by atoms with Crippen LogP contribution >= 0.6 is 0 Å². The van der Waals surface area contributed by atoms with Crippen LogP contribution in [-0.2, 0) is 36.1 Å². The monoisotopic (exact) mass is 585 g/mol. The van der Waals surface area contributed by atoms with Crippen molar-refractivity contribution in [3.63, 3.8) is 0 Å². The highest BCUT2D eigenvalue weighted by Crippen LogP contribution is 2.36. The van der Waals surface area contributed by atoms with Gasteiger partial charge in [0.25, 0.3) is 0 Å². The van der Waals surface area contributed by atoms with Crippen LogP contribution in [0.25, 0.3) is 0 Å². The third kappa shape index (κ3) is 7.28. The largest absolute Gasteiger partial charge is 0.480 e. The highest BCUT2D eigenvalue weighted by Gasteiger charge is 2.46. The Labute approximate surface area is 240 Å². The number of halogens is 1. The Kier molecular flexibility index (Phi) is 8.95. The van der Waals surface area contributed by atoms with Crippen LogP contribution in [0, 0.1) is 5.82 Å². The molecule has 220 valence electrons. The first-order chi connectivity index (χ1) is 18.8. The molecule has 9 nitrogen and oxygen atoms in total. The molecule has 0 fully saturated rings. The summed E-state index contributed by atoms with van der Waals surface area (Å²) in [6.07, 6.45) is -1.29. The molecule has 41 heavy (non-hydrogen) atoms. The molecule has 0 saturated heterocycles. The van der Waals surface area contributed by atoms with Crippen molar-refractivity contribution in [2.45, 2.75) is 68.7 Å². The molecule has 0 aliphatic rings. The quantitative estimate of drug-likeness (QED) is 0.369. The Morgan fingerprint density at radius 2 is 1.56 bits per heavy atom. The molecule has 1 heterocycles. The molecule has 1 atom stereocenters. The number of carboxylic acids is 1. The number of benzene rings is 2. The third-order valence-corrected chi connectivity index (χ3v) is 8.47. The molecule has 0 aliphatic heterocycles. The highest BCUT2D eigenvalue weighted by atomic mass is 32.2. The molecule has 0 radical (unpaired) electrons. The first kappa shape index (κ1) is 31.7. The van der Waals surface area contributed by atoms with Gasteiger partial charge in [0.2, 0.25) is 9.84 Å². The fourth-order valence-corrected chi connectivity index (χ4v) is 5.83. The maximum atomic E-state index is 14.9. The Hall–Kier alpha value is -3.83. The molecule has 11 heteroatoms. The predicted molar refractivity (Wildman–Crippen MR) is 154 cm³/mol. The van der Waals surface area contributed by atoms with Gasteiger partial charge >= 0.3 is 12.1 Å². The van der Waals surface area contributed by atoms with E-state index in [2.05, 4.69) is 4.98 Å². The topological polar surface area (TPSA) is 140 Å². The molecule has 1 unspecified atom stereocenters. The van der Waals surface area contributed by atoms with E-state index in [1.165, 1.54) is 30.3 Å². The zero-order valence-electron chi connectivity index (χ0n) is 24.0. The van der Waals surface area contributed by atoms with Crippen LogP contribution in [0.15, 0.2) is 71.6 Å². The standard InChI is InChI=1S/C30H36FN3O6S/c1-28(2,3)21-16-14-20(15-17-21)18-30(32,41(38,39)23-11-8-7-10-22(23)31)24-12-9-13-25(33-24)34(19-26(35)36)27(37)40-29(4,5)6/h7-17H,18-19,32H2,1-6H3,(H,35,36). The number of aromatic nitrogens is 1. The van der Waals surface area contributed by atoms with E-state index in [0.29, 0.717) is 5.56 Å². The predicted octanol–water partition coefficient (Wildman–Crippen LogP) is 5.17. The fraction of sp³-hybridized carbons (Fsp3) is 0.367. The Bertz CT molecular complexity index is 1530. The average molecular weight is 586 g/mol. The van der Waals surface area contributed by atoms with Crippen molar-refractivity contribution in [2.75, 3.05) is 11.4 Å². The van der Waals surface area contributed by atoms with Crippen molar-refractivity contribution in [1.29, 1.82) is 0 Å². The van der Waals surface area contributed by atoms with E-state index in [1.807, 2.05) is 32.9 Å². The first-order valence-corrected chi connectivity index (χ1v) is 14.4.